The van der Waals surface area contributed by atoms with Gasteiger partial charge in [-0.2, -0.15) is 0 Å². The molecule has 3 aromatic carbocycles. The number of fused-ring (bicyclic) bond motifs is 1. The Kier molecular flexibility index (Phi) is 5.59. The molecule has 32 heavy (non-hydrogen) atoms. The number of hydrogen-bond donors (Lipinski definition) is 1. The number of nitrogens with zero attached hydrogens (tertiary/aromatic N) is 2. The summed E-state index contributed by atoms with van der Waals surface area (Å²) in [5.41, 5.74) is 2.03. The topological polar surface area (TPSA) is 73.1 Å². The fraction of sp³-hybridized carbons (Fsp3) is 0.136. The van der Waals surface area contributed by atoms with Gasteiger partial charge in [0.2, 0.25) is 0 Å². The Morgan fingerprint density at radius 2 is 1.53 bits per heavy atom. The van der Waals surface area contributed by atoms with E-state index < -0.39 is 26.6 Å². The lowest BCUT2D eigenvalue weighted by atomic mass is 10.2. The molecule has 1 N–H and O–H groups in total. The molecule has 0 aliphatic carbocycles. The maximum Gasteiger partial charge on any atom is 0.328 e. The first-order valence-corrected chi connectivity index (χ1v) is 11.8. The van der Waals surface area contributed by atoms with Crippen molar-refractivity contribution >= 4 is 38.5 Å². The molecule has 0 saturated heterocycles. The third-order valence-electron chi connectivity index (χ3n) is 5.05. The molecule has 166 valence electrons. The fourth-order valence-electron chi connectivity index (χ4n) is 3.31. The lowest BCUT2D eigenvalue weighted by Gasteiger charge is -2.14. The van der Waals surface area contributed by atoms with Crippen LogP contribution in [0.1, 0.15) is 5.56 Å². The molecule has 0 aliphatic rings. The minimum atomic E-state index is -4.45. The third-order valence-corrected chi connectivity index (χ3v) is 7.50. The summed E-state index contributed by atoms with van der Waals surface area (Å²) >= 11 is 1.29. The van der Waals surface area contributed by atoms with Crippen LogP contribution in [0.2, 0.25) is 0 Å². The van der Waals surface area contributed by atoms with Crippen molar-refractivity contribution in [3.63, 3.8) is 0 Å². The van der Waals surface area contributed by atoms with Crippen LogP contribution in [0.15, 0.2) is 74.1 Å². The monoisotopic (exact) mass is 475 g/mol. The summed E-state index contributed by atoms with van der Waals surface area (Å²) in [6.45, 7) is 1.95. The van der Waals surface area contributed by atoms with Crippen LogP contribution in [-0.4, -0.2) is 17.6 Å². The molecule has 0 aliphatic heterocycles. The van der Waals surface area contributed by atoms with E-state index in [4.69, 9.17) is 0 Å². The van der Waals surface area contributed by atoms with E-state index in [1.807, 2.05) is 31.2 Å². The Labute approximate surface area is 187 Å². The zero-order valence-corrected chi connectivity index (χ0v) is 19.0. The van der Waals surface area contributed by atoms with Gasteiger partial charge in [0.1, 0.15) is 16.5 Å². The van der Waals surface area contributed by atoms with E-state index in [9.17, 15) is 22.0 Å². The number of rotatable bonds is 5. The second kappa shape index (κ2) is 8.10. The van der Waals surface area contributed by atoms with Gasteiger partial charge in [-0.05, 0) is 49.4 Å². The highest BCUT2D eigenvalue weighted by molar-refractivity contribution is 7.99. The van der Waals surface area contributed by atoms with Crippen molar-refractivity contribution in [2.45, 2.75) is 21.6 Å². The highest BCUT2D eigenvalue weighted by Crippen LogP contribution is 2.37. The number of benzene rings is 3. The van der Waals surface area contributed by atoms with Gasteiger partial charge in [0, 0.05) is 23.9 Å². The normalized spacial score (nSPS) is 11.8. The summed E-state index contributed by atoms with van der Waals surface area (Å²) in [7, 11) is -1.25. The molecular formula is C22H19F2N3O3S2. The predicted molar refractivity (Wildman–Crippen MR) is 121 cm³/mol. The van der Waals surface area contributed by atoms with Gasteiger partial charge in [-0.25, -0.2) is 22.0 Å². The molecule has 4 rings (SSSR count). The van der Waals surface area contributed by atoms with Crippen LogP contribution >= 0.6 is 11.8 Å². The van der Waals surface area contributed by atoms with Crippen molar-refractivity contribution < 1.29 is 17.2 Å². The van der Waals surface area contributed by atoms with Gasteiger partial charge in [0.25, 0.3) is 10.0 Å². The van der Waals surface area contributed by atoms with Crippen molar-refractivity contribution in [3.05, 3.63) is 82.3 Å². The molecule has 0 unspecified atom stereocenters. The quantitative estimate of drug-likeness (QED) is 0.464. The van der Waals surface area contributed by atoms with E-state index in [0.717, 1.165) is 22.6 Å². The van der Waals surface area contributed by atoms with Gasteiger partial charge < -0.3 is 0 Å². The van der Waals surface area contributed by atoms with Crippen LogP contribution in [0.3, 0.4) is 0 Å². The lowest BCUT2D eigenvalue weighted by molar-refractivity contribution is 0.555. The molecule has 4 aromatic rings. The smallest absolute Gasteiger partial charge is 0.295 e. The molecule has 6 nitrogen and oxygen atoms in total. The van der Waals surface area contributed by atoms with Gasteiger partial charge in [0.05, 0.1) is 16.7 Å². The summed E-state index contributed by atoms with van der Waals surface area (Å²) in [6, 6.07) is 13.1. The van der Waals surface area contributed by atoms with Crippen LogP contribution in [0.4, 0.5) is 14.5 Å². The minimum Gasteiger partial charge on any atom is -0.295 e. The van der Waals surface area contributed by atoms with E-state index >= 15 is 0 Å². The van der Waals surface area contributed by atoms with Crippen molar-refractivity contribution in [3.8, 4) is 0 Å². The molecule has 0 saturated carbocycles. The van der Waals surface area contributed by atoms with Gasteiger partial charge in [-0.3, -0.25) is 13.9 Å². The van der Waals surface area contributed by atoms with Crippen LogP contribution in [-0.2, 0) is 24.1 Å². The number of halogens is 2. The second-order valence-electron chi connectivity index (χ2n) is 7.33. The number of hydrogen-bond acceptors (Lipinski definition) is 4. The summed E-state index contributed by atoms with van der Waals surface area (Å²) in [5.74, 6) is -1.94. The first-order valence-electron chi connectivity index (χ1n) is 9.48. The SMILES string of the molecule is Cc1ccc(Sc2cc3c(cc2NS(=O)(=O)c2cc(F)ccc2F)n(C)c(=O)n3C)cc1. The van der Waals surface area contributed by atoms with E-state index in [1.54, 1.807) is 20.2 Å². The number of sulfonamides is 1. The van der Waals surface area contributed by atoms with Gasteiger partial charge in [0.15, 0.2) is 0 Å². The Morgan fingerprint density at radius 3 is 2.19 bits per heavy atom. The number of aryl methyl sites for hydroxylation is 3. The zero-order chi connectivity index (χ0) is 23.2. The molecule has 1 heterocycles. The average Bonchev–Trinajstić information content (AvgIpc) is 2.95. The van der Waals surface area contributed by atoms with Crippen LogP contribution < -0.4 is 10.4 Å². The van der Waals surface area contributed by atoms with Crippen LogP contribution in [0, 0.1) is 18.6 Å². The molecule has 0 amide bonds. The van der Waals surface area contributed by atoms with Gasteiger partial charge >= 0.3 is 5.69 Å². The third kappa shape index (κ3) is 4.03. The van der Waals surface area contributed by atoms with Crippen LogP contribution in [0.25, 0.3) is 11.0 Å². The van der Waals surface area contributed by atoms with E-state index in [2.05, 4.69) is 4.72 Å². The minimum absolute atomic E-state index is 0.146. The maximum absolute atomic E-state index is 14.2. The van der Waals surface area contributed by atoms with Crippen molar-refractivity contribution in [2.24, 2.45) is 14.1 Å². The Balaban J connectivity index is 1.87. The molecule has 0 spiro atoms. The summed E-state index contributed by atoms with van der Waals surface area (Å²) in [5, 5.41) is 0. The van der Waals surface area contributed by atoms with E-state index in [0.29, 0.717) is 22.0 Å². The summed E-state index contributed by atoms with van der Waals surface area (Å²) in [4.78, 5) is 12.9. The first kappa shape index (κ1) is 22.1. The largest absolute Gasteiger partial charge is 0.328 e. The Hall–Kier alpha value is -3.11. The number of nitrogens with one attached hydrogen (secondary N) is 1. The molecular weight excluding hydrogens is 456 g/mol. The molecule has 0 bridgehead atoms. The van der Waals surface area contributed by atoms with Crippen molar-refractivity contribution in [1.29, 1.82) is 0 Å². The predicted octanol–water partition coefficient (Wildman–Crippen LogP) is 4.42. The lowest BCUT2D eigenvalue weighted by Crippen LogP contribution is -2.19. The van der Waals surface area contributed by atoms with Gasteiger partial charge in [-0.1, -0.05) is 29.5 Å². The second-order valence-corrected chi connectivity index (χ2v) is 10.1. The number of anilines is 1. The molecule has 0 atom stereocenters. The Bertz CT molecular complexity index is 1510. The van der Waals surface area contributed by atoms with Crippen LogP contribution in [0.5, 0.6) is 0 Å². The number of aromatic nitrogens is 2. The molecule has 0 radical (unpaired) electrons. The molecule has 0 fully saturated rings. The average molecular weight is 476 g/mol. The van der Waals surface area contributed by atoms with E-state index in [-0.39, 0.29) is 11.4 Å². The zero-order valence-electron chi connectivity index (χ0n) is 17.4. The maximum atomic E-state index is 14.2. The Morgan fingerprint density at radius 1 is 0.906 bits per heavy atom. The number of imidazole rings is 1. The van der Waals surface area contributed by atoms with Crippen molar-refractivity contribution in [2.75, 3.05) is 4.72 Å². The highest BCUT2D eigenvalue weighted by atomic mass is 32.2. The molecule has 1 aromatic heterocycles. The first-order chi connectivity index (χ1) is 15.1. The van der Waals surface area contributed by atoms with Crippen molar-refractivity contribution in [1.82, 2.24) is 9.13 Å². The molecule has 10 heteroatoms. The van der Waals surface area contributed by atoms with Gasteiger partial charge in [-0.15, -0.1) is 0 Å². The summed E-state index contributed by atoms with van der Waals surface area (Å²) < 4.78 is 58.9. The highest BCUT2D eigenvalue weighted by Gasteiger charge is 2.23. The standard InChI is InChI=1S/C22H19F2N3O3S2/c1-13-4-7-15(8-5-13)31-20-12-19-18(26(2)22(28)27(19)3)11-17(20)25-32(29,30)21-10-14(23)6-9-16(21)24/h4-12,25H,1-3H3. The summed E-state index contributed by atoms with van der Waals surface area (Å²) in [6.07, 6.45) is 0. The van der Waals surface area contributed by atoms with E-state index in [1.165, 1.54) is 27.0 Å². The fourth-order valence-corrected chi connectivity index (χ4v) is 5.45.